The average Bonchev–Trinajstić information content (AvgIpc) is 2.65. The Kier molecular flexibility index (Phi) is 5.35. The Morgan fingerprint density at radius 3 is 2.76 bits per heavy atom. The predicted molar refractivity (Wildman–Crippen MR) is 69.5 cm³/mol. The van der Waals surface area contributed by atoms with Crippen molar-refractivity contribution in [1.29, 1.82) is 0 Å². The number of carbonyl (C=O) groups excluding carboxylic acids is 1. The van der Waals surface area contributed by atoms with Gasteiger partial charge in [0.05, 0.1) is 5.75 Å². The molecule has 0 atom stereocenters. The van der Waals surface area contributed by atoms with Gasteiger partial charge in [-0.3, -0.25) is 9.52 Å². The maximum absolute atomic E-state index is 11.6. The molecule has 17 heavy (non-hydrogen) atoms. The summed E-state index contributed by atoms with van der Waals surface area (Å²) in [4.78, 5) is 14.9. The van der Waals surface area contributed by atoms with Crippen LogP contribution in [0, 0.1) is 0 Å². The minimum absolute atomic E-state index is 0.00864. The van der Waals surface area contributed by atoms with Crippen LogP contribution >= 0.6 is 22.9 Å². The summed E-state index contributed by atoms with van der Waals surface area (Å²) >= 11 is 6.56. The van der Waals surface area contributed by atoms with Gasteiger partial charge in [-0.05, 0) is 12.8 Å². The minimum atomic E-state index is -3.39. The van der Waals surface area contributed by atoms with Crippen molar-refractivity contribution in [1.82, 2.24) is 4.98 Å². The number of sulfonamides is 1. The first-order chi connectivity index (χ1) is 7.94. The van der Waals surface area contributed by atoms with E-state index < -0.39 is 10.0 Å². The van der Waals surface area contributed by atoms with E-state index >= 15 is 0 Å². The summed E-state index contributed by atoms with van der Waals surface area (Å²) in [6.07, 6.45) is 1.16. The van der Waals surface area contributed by atoms with Crippen LogP contribution in [0.2, 0.25) is 0 Å². The highest BCUT2D eigenvalue weighted by molar-refractivity contribution is 7.92. The Morgan fingerprint density at radius 1 is 1.53 bits per heavy atom. The second kappa shape index (κ2) is 6.32. The smallest absolute Gasteiger partial charge is 0.234 e. The lowest BCUT2D eigenvalue weighted by atomic mass is 10.4. The number of nitrogens with one attached hydrogen (secondary N) is 1. The number of alkyl halides is 1. The molecule has 5 nitrogen and oxygen atoms in total. The second-order valence-electron chi connectivity index (χ2n) is 3.41. The molecule has 0 radical (unpaired) electrons. The lowest BCUT2D eigenvalue weighted by Crippen LogP contribution is -2.16. The van der Waals surface area contributed by atoms with Gasteiger partial charge in [0.1, 0.15) is 5.69 Å². The summed E-state index contributed by atoms with van der Waals surface area (Å²) < 4.78 is 25.5. The molecule has 96 valence electrons. The van der Waals surface area contributed by atoms with E-state index in [0.29, 0.717) is 18.7 Å². The van der Waals surface area contributed by atoms with Crippen LogP contribution in [0.4, 0.5) is 5.13 Å². The monoisotopic (exact) mass is 296 g/mol. The molecule has 0 aliphatic rings. The molecule has 0 unspecified atom stereocenters. The zero-order chi connectivity index (χ0) is 12.9. The third kappa shape index (κ3) is 5.01. The average molecular weight is 297 g/mol. The topological polar surface area (TPSA) is 76.1 Å². The maximum Gasteiger partial charge on any atom is 0.234 e. The molecular weight excluding hydrogens is 284 g/mol. The summed E-state index contributed by atoms with van der Waals surface area (Å²) in [7, 11) is -3.39. The molecule has 1 aromatic rings. The Balaban J connectivity index is 2.60. The molecule has 1 N–H and O–H groups in total. The minimum Gasteiger partial charge on any atom is -0.293 e. The van der Waals surface area contributed by atoms with E-state index in [1.54, 1.807) is 0 Å². The van der Waals surface area contributed by atoms with E-state index in [0.717, 1.165) is 11.3 Å². The number of nitrogens with zero attached hydrogens (tertiary/aromatic N) is 1. The summed E-state index contributed by atoms with van der Waals surface area (Å²) in [5.74, 6) is 0.268. The molecular formula is C9H13ClN2O3S2. The summed E-state index contributed by atoms with van der Waals surface area (Å²) in [6, 6.07) is 0. The van der Waals surface area contributed by atoms with Crippen molar-refractivity contribution in [3.8, 4) is 0 Å². The number of unbranched alkanes of at least 4 members (excludes halogenated alkanes) is 1. The van der Waals surface area contributed by atoms with Gasteiger partial charge in [-0.25, -0.2) is 13.4 Å². The standard InChI is InChI=1S/C9H13ClN2O3S2/c1-7(13)8-6-16-9(11-8)12-17(14,15)5-3-2-4-10/h6H,2-5H2,1H3,(H,11,12). The molecule has 0 saturated carbocycles. The highest BCUT2D eigenvalue weighted by atomic mass is 35.5. The van der Waals surface area contributed by atoms with Crippen LogP contribution in [-0.2, 0) is 10.0 Å². The van der Waals surface area contributed by atoms with Gasteiger partial charge < -0.3 is 0 Å². The van der Waals surface area contributed by atoms with Gasteiger partial charge in [-0.15, -0.1) is 22.9 Å². The van der Waals surface area contributed by atoms with E-state index in [-0.39, 0.29) is 22.4 Å². The normalized spacial score (nSPS) is 11.4. The first-order valence-electron chi connectivity index (χ1n) is 4.97. The fourth-order valence-electron chi connectivity index (χ4n) is 1.05. The summed E-state index contributed by atoms with van der Waals surface area (Å²) in [5, 5.41) is 1.75. The van der Waals surface area contributed by atoms with Gasteiger partial charge in [-0.2, -0.15) is 0 Å². The Labute approximate surface area is 109 Å². The van der Waals surface area contributed by atoms with Crippen LogP contribution in [0.15, 0.2) is 5.38 Å². The third-order valence-corrected chi connectivity index (χ3v) is 4.39. The quantitative estimate of drug-likeness (QED) is 0.475. The number of hydrogen-bond acceptors (Lipinski definition) is 5. The van der Waals surface area contributed by atoms with Crippen molar-refractivity contribution < 1.29 is 13.2 Å². The van der Waals surface area contributed by atoms with Crippen LogP contribution < -0.4 is 4.72 Å². The number of thiazole rings is 1. The van der Waals surface area contributed by atoms with Gasteiger partial charge in [0.25, 0.3) is 0 Å². The van der Waals surface area contributed by atoms with Crippen LogP contribution in [0.3, 0.4) is 0 Å². The first-order valence-corrected chi connectivity index (χ1v) is 8.04. The van der Waals surface area contributed by atoms with Crippen molar-refractivity contribution in [2.45, 2.75) is 19.8 Å². The van der Waals surface area contributed by atoms with Gasteiger partial charge in [-0.1, -0.05) is 0 Å². The van der Waals surface area contributed by atoms with Crippen LogP contribution in [0.5, 0.6) is 0 Å². The largest absolute Gasteiger partial charge is 0.293 e. The Morgan fingerprint density at radius 2 is 2.24 bits per heavy atom. The van der Waals surface area contributed by atoms with Crippen molar-refractivity contribution in [3.05, 3.63) is 11.1 Å². The van der Waals surface area contributed by atoms with Crippen molar-refractivity contribution in [3.63, 3.8) is 0 Å². The van der Waals surface area contributed by atoms with Gasteiger partial charge in [0.15, 0.2) is 10.9 Å². The van der Waals surface area contributed by atoms with Crippen molar-refractivity contribution >= 4 is 43.9 Å². The van der Waals surface area contributed by atoms with E-state index in [4.69, 9.17) is 11.6 Å². The van der Waals surface area contributed by atoms with Crippen molar-refractivity contribution in [2.75, 3.05) is 16.4 Å². The van der Waals surface area contributed by atoms with Gasteiger partial charge in [0.2, 0.25) is 10.0 Å². The Bertz CT molecular complexity index is 484. The highest BCUT2D eigenvalue weighted by Crippen LogP contribution is 2.17. The molecule has 0 spiro atoms. The number of carbonyl (C=O) groups is 1. The van der Waals surface area contributed by atoms with Crippen molar-refractivity contribution in [2.24, 2.45) is 0 Å². The fraction of sp³-hybridized carbons (Fsp3) is 0.556. The van der Waals surface area contributed by atoms with Gasteiger partial charge in [0, 0.05) is 18.2 Å². The number of anilines is 1. The maximum atomic E-state index is 11.6. The van der Waals surface area contributed by atoms with Crippen LogP contribution in [0.1, 0.15) is 30.3 Å². The molecule has 0 saturated heterocycles. The zero-order valence-electron chi connectivity index (χ0n) is 9.27. The molecule has 1 aromatic heterocycles. The molecule has 8 heteroatoms. The number of halogens is 1. The van der Waals surface area contributed by atoms with E-state index in [1.165, 1.54) is 12.3 Å². The van der Waals surface area contributed by atoms with Gasteiger partial charge >= 0.3 is 0 Å². The number of ketones is 1. The first kappa shape index (κ1) is 14.4. The number of aromatic nitrogens is 1. The lowest BCUT2D eigenvalue weighted by Gasteiger charge is -2.03. The van der Waals surface area contributed by atoms with Crippen LogP contribution in [0.25, 0.3) is 0 Å². The molecule has 0 bridgehead atoms. The number of hydrogen-bond donors (Lipinski definition) is 1. The molecule has 0 fully saturated rings. The number of rotatable bonds is 7. The molecule has 1 heterocycles. The summed E-state index contributed by atoms with van der Waals surface area (Å²) in [6.45, 7) is 1.38. The van der Waals surface area contributed by atoms with E-state index in [2.05, 4.69) is 9.71 Å². The lowest BCUT2D eigenvalue weighted by molar-refractivity contribution is 0.101. The number of Topliss-reactive ketones (excluding diaryl/α,β-unsaturated/α-hetero) is 1. The molecule has 0 amide bonds. The Hall–Kier alpha value is -0.660. The van der Waals surface area contributed by atoms with E-state index in [9.17, 15) is 13.2 Å². The molecule has 0 aliphatic heterocycles. The van der Waals surface area contributed by atoms with E-state index in [1.807, 2.05) is 0 Å². The second-order valence-corrected chi connectivity index (χ2v) is 6.49. The fourth-order valence-corrected chi connectivity index (χ4v) is 3.41. The van der Waals surface area contributed by atoms with Crippen LogP contribution in [-0.4, -0.2) is 30.8 Å². The molecule has 0 aliphatic carbocycles. The highest BCUT2D eigenvalue weighted by Gasteiger charge is 2.13. The third-order valence-electron chi connectivity index (χ3n) is 1.90. The SMILES string of the molecule is CC(=O)c1csc(NS(=O)(=O)CCCCCl)n1. The zero-order valence-corrected chi connectivity index (χ0v) is 11.7. The molecule has 1 rings (SSSR count). The summed E-state index contributed by atoms with van der Waals surface area (Å²) in [5.41, 5.74) is 0.272. The molecule has 0 aromatic carbocycles. The predicted octanol–water partition coefficient (Wildman–Crippen LogP) is 2.11.